The number of halogens is 3. The van der Waals surface area contributed by atoms with Gasteiger partial charge in [-0.1, -0.05) is 71.7 Å². The predicted octanol–water partition coefficient (Wildman–Crippen LogP) is 7.47. The molecule has 7 rings (SSSR count). The van der Waals surface area contributed by atoms with Crippen molar-refractivity contribution < 1.29 is 33.4 Å². The number of aromatic nitrogens is 2. The SMILES string of the molecule is COC[C@@H]1NC(=O)[C@H](C)N(Cc2ccc(Cl)cc2Oc2ccc(-c3cnc(CN(C)C)n3C)cc2)C(=O)O[C@@H](Cc2ccccc2)C(=O)N2CCC[C@@](Cc3ccc(Cl)cc3)(C2)NC1=O.Cl. The number of nitrogens with zero attached hydrogens (tertiary/aromatic N) is 5. The molecule has 2 aliphatic rings. The largest absolute Gasteiger partial charge is 0.457 e. The molecule has 2 N–H and O–H groups in total. The summed E-state index contributed by atoms with van der Waals surface area (Å²) in [5, 5.41) is 7.03. The van der Waals surface area contributed by atoms with Gasteiger partial charge in [0.1, 0.15) is 29.4 Å². The summed E-state index contributed by atoms with van der Waals surface area (Å²) in [6, 6.07) is 26.8. The van der Waals surface area contributed by atoms with Gasteiger partial charge in [0, 0.05) is 54.8 Å². The average Bonchev–Trinajstić information content (AvgIpc) is 3.64. The molecular formula is C49H56Cl3N7O7. The molecule has 4 atom stereocenters. The molecule has 0 radical (unpaired) electrons. The molecule has 14 nitrogen and oxygen atoms in total. The van der Waals surface area contributed by atoms with E-state index in [1.165, 1.54) is 18.9 Å². The number of methoxy groups -OCH3 is 1. The number of benzene rings is 4. The van der Waals surface area contributed by atoms with Crippen molar-refractivity contribution in [3.05, 3.63) is 136 Å². The molecule has 0 unspecified atom stereocenters. The zero-order valence-electron chi connectivity index (χ0n) is 37.7. The van der Waals surface area contributed by atoms with Gasteiger partial charge in [0.2, 0.25) is 11.8 Å². The molecule has 350 valence electrons. The average molecular weight is 961 g/mol. The highest BCUT2D eigenvalue weighted by Gasteiger charge is 2.43. The Labute approximate surface area is 401 Å². The van der Waals surface area contributed by atoms with Crippen LogP contribution in [0.2, 0.25) is 10.0 Å². The highest BCUT2D eigenvalue weighted by atomic mass is 35.5. The van der Waals surface area contributed by atoms with Crippen molar-refractivity contribution in [3.8, 4) is 22.8 Å². The van der Waals surface area contributed by atoms with E-state index in [4.69, 9.17) is 37.4 Å². The summed E-state index contributed by atoms with van der Waals surface area (Å²) in [6.07, 6.45) is 1.20. The standard InChI is InChI=1S/C49H55Cl2N7O7.ClH/c1-32-45(59)53-40(30-63-5)46(60)54-49(26-34-12-17-37(50)18-13-34)22-9-23-57(31-49)47(61)43(24-33-10-7-6-8-11-33)65-48(62)58(32)28-36-14-19-38(51)25-42(36)64-39-20-15-35(16-21-39)41-27-52-44(56(41)4)29-55(2)3;/h6-8,10-21,25,27,32,40,43H,9,22-24,26,28-31H2,1-5H3,(H,53,59)(H,54,60);1H/t32-,40-,43-,49+;/m0./s1. The number of imidazole rings is 1. The van der Waals surface area contributed by atoms with Crippen LogP contribution in [-0.2, 0) is 56.8 Å². The highest BCUT2D eigenvalue weighted by molar-refractivity contribution is 6.31. The van der Waals surface area contributed by atoms with E-state index in [1.807, 2.05) is 98.6 Å². The van der Waals surface area contributed by atoms with Gasteiger partial charge in [-0.2, -0.15) is 0 Å². The zero-order valence-corrected chi connectivity index (χ0v) is 40.0. The highest BCUT2D eigenvalue weighted by Crippen LogP contribution is 2.33. The van der Waals surface area contributed by atoms with Gasteiger partial charge in [-0.25, -0.2) is 9.78 Å². The van der Waals surface area contributed by atoms with Crippen LogP contribution in [0.25, 0.3) is 11.3 Å². The Morgan fingerprint density at radius 2 is 1.62 bits per heavy atom. The van der Waals surface area contributed by atoms with Crippen molar-refractivity contribution in [3.63, 3.8) is 0 Å². The van der Waals surface area contributed by atoms with Crippen molar-refractivity contribution in [1.29, 1.82) is 0 Å². The van der Waals surface area contributed by atoms with Crippen molar-refractivity contribution in [2.45, 2.75) is 69.4 Å². The molecule has 17 heteroatoms. The number of carbonyl (C=O) groups is 4. The Bertz CT molecular complexity index is 2470. The lowest BCUT2D eigenvalue weighted by atomic mass is 9.82. The lowest BCUT2D eigenvalue weighted by Crippen LogP contribution is -2.66. The van der Waals surface area contributed by atoms with E-state index in [2.05, 4.69) is 20.5 Å². The van der Waals surface area contributed by atoms with Crippen LogP contribution in [0.3, 0.4) is 0 Å². The van der Waals surface area contributed by atoms with Crippen LogP contribution in [0.5, 0.6) is 11.5 Å². The van der Waals surface area contributed by atoms with Crippen LogP contribution in [0, 0.1) is 0 Å². The fourth-order valence-corrected chi connectivity index (χ4v) is 8.69. The Hall–Kier alpha value is -5.64. The van der Waals surface area contributed by atoms with Gasteiger partial charge in [0.15, 0.2) is 6.10 Å². The summed E-state index contributed by atoms with van der Waals surface area (Å²) in [6.45, 7) is 2.39. The van der Waals surface area contributed by atoms with E-state index < -0.39 is 47.5 Å². The molecule has 5 aromatic rings. The maximum absolute atomic E-state index is 14.8. The number of cyclic esters (lactones) is 1. The first-order valence-electron chi connectivity index (χ1n) is 21.6. The normalized spacial score (nSPS) is 20.5. The van der Waals surface area contributed by atoms with Crippen molar-refractivity contribution in [2.24, 2.45) is 7.05 Å². The summed E-state index contributed by atoms with van der Waals surface area (Å²) >= 11 is 12.8. The molecule has 2 fully saturated rings. The quantitative estimate of drug-likeness (QED) is 0.123. The van der Waals surface area contributed by atoms with Gasteiger partial charge in [-0.3, -0.25) is 19.3 Å². The van der Waals surface area contributed by atoms with Crippen LogP contribution < -0.4 is 15.4 Å². The van der Waals surface area contributed by atoms with Crippen LogP contribution >= 0.6 is 35.6 Å². The van der Waals surface area contributed by atoms with E-state index in [1.54, 1.807) is 35.2 Å². The molecule has 4 aromatic carbocycles. The molecule has 2 aliphatic heterocycles. The van der Waals surface area contributed by atoms with Gasteiger partial charge in [-0.05, 0) is 99.9 Å². The number of amides is 4. The van der Waals surface area contributed by atoms with Gasteiger partial charge < -0.3 is 39.2 Å². The Morgan fingerprint density at radius 1 is 0.909 bits per heavy atom. The molecule has 0 spiro atoms. The van der Waals surface area contributed by atoms with Crippen LogP contribution in [0.1, 0.15) is 42.3 Å². The van der Waals surface area contributed by atoms with Crippen molar-refractivity contribution in [2.75, 3.05) is 40.9 Å². The molecular weight excluding hydrogens is 905 g/mol. The van der Waals surface area contributed by atoms with Crippen LogP contribution in [0.4, 0.5) is 4.79 Å². The maximum Gasteiger partial charge on any atom is 0.411 e. The summed E-state index contributed by atoms with van der Waals surface area (Å²) < 4.78 is 20.2. The van der Waals surface area contributed by atoms with Crippen LogP contribution in [-0.4, -0.2) is 113 Å². The maximum atomic E-state index is 14.8. The number of hydrogen-bond acceptors (Lipinski definition) is 9. The topological polar surface area (TPSA) is 148 Å². The van der Waals surface area contributed by atoms with E-state index in [0.717, 1.165) is 28.2 Å². The van der Waals surface area contributed by atoms with E-state index in [0.29, 0.717) is 59.5 Å². The lowest BCUT2D eigenvalue weighted by Gasteiger charge is -2.45. The fourth-order valence-electron chi connectivity index (χ4n) is 8.40. The van der Waals surface area contributed by atoms with Crippen molar-refractivity contribution >= 4 is 59.4 Å². The molecule has 0 saturated carbocycles. The van der Waals surface area contributed by atoms with Crippen molar-refractivity contribution in [1.82, 2.24) is 34.9 Å². The van der Waals surface area contributed by atoms with Crippen LogP contribution in [0.15, 0.2) is 103 Å². The first kappa shape index (κ1) is 49.8. The number of piperidine rings is 1. The Balaban J connectivity index is 0.00000720. The van der Waals surface area contributed by atoms with E-state index in [9.17, 15) is 19.2 Å². The monoisotopic (exact) mass is 959 g/mol. The molecule has 1 aromatic heterocycles. The zero-order chi connectivity index (χ0) is 46.3. The molecule has 4 amide bonds. The van der Waals surface area contributed by atoms with Gasteiger partial charge in [0.25, 0.3) is 5.91 Å². The fraction of sp³-hybridized carbons (Fsp3) is 0.367. The minimum atomic E-state index is -1.27. The third-order valence-corrected chi connectivity index (χ3v) is 12.3. The number of nitrogens with one attached hydrogen (secondary N) is 2. The summed E-state index contributed by atoms with van der Waals surface area (Å²) in [5.41, 5.74) is 3.11. The first-order valence-corrected chi connectivity index (χ1v) is 22.3. The molecule has 2 saturated heterocycles. The number of hydrogen-bond donors (Lipinski definition) is 2. The molecule has 66 heavy (non-hydrogen) atoms. The third kappa shape index (κ3) is 12.2. The second kappa shape index (κ2) is 22.2. The molecule has 3 heterocycles. The minimum Gasteiger partial charge on any atom is -0.457 e. The third-order valence-electron chi connectivity index (χ3n) is 11.9. The number of ether oxygens (including phenoxy) is 3. The van der Waals surface area contributed by atoms with Gasteiger partial charge in [-0.15, -0.1) is 12.4 Å². The number of fused-ring (bicyclic) bond motifs is 2. The molecule has 2 bridgehead atoms. The van der Waals surface area contributed by atoms with E-state index >= 15 is 0 Å². The summed E-state index contributed by atoms with van der Waals surface area (Å²) in [4.78, 5) is 67.7. The smallest absolute Gasteiger partial charge is 0.411 e. The number of carbonyl (C=O) groups excluding carboxylic acids is 4. The van der Waals surface area contributed by atoms with Gasteiger partial charge in [0.05, 0.1) is 37.1 Å². The lowest BCUT2D eigenvalue weighted by molar-refractivity contribution is -0.145. The number of rotatable bonds is 13. The Morgan fingerprint density at radius 3 is 2.32 bits per heavy atom. The predicted molar refractivity (Wildman–Crippen MR) is 256 cm³/mol. The van der Waals surface area contributed by atoms with E-state index in [-0.39, 0.29) is 38.5 Å². The Kier molecular flexibility index (Phi) is 16.8. The summed E-state index contributed by atoms with van der Waals surface area (Å²) in [5.74, 6) is 0.207. The molecule has 0 aliphatic carbocycles. The minimum absolute atomic E-state index is 0. The summed E-state index contributed by atoms with van der Waals surface area (Å²) in [7, 11) is 7.40. The second-order valence-corrected chi connectivity index (χ2v) is 17.9. The first-order chi connectivity index (χ1) is 31.2. The second-order valence-electron chi connectivity index (χ2n) is 17.1. The van der Waals surface area contributed by atoms with Gasteiger partial charge >= 0.3 is 6.09 Å².